The van der Waals surface area contributed by atoms with Crippen LogP contribution >= 0.6 is 11.3 Å². The number of thiophene rings is 1. The first-order valence-electron chi connectivity index (χ1n) is 7.65. The van der Waals surface area contributed by atoms with Gasteiger partial charge in [-0.1, -0.05) is 18.2 Å². The molecule has 0 saturated heterocycles. The van der Waals surface area contributed by atoms with Crippen molar-refractivity contribution in [1.29, 1.82) is 0 Å². The maximum absolute atomic E-state index is 14.2. The molecule has 1 aromatic heterocycles. The number of hydrogen-bond acceptors (Lipinski definition) is 4. The summed E-state index contributed by atoms with van der Waals surface area (Å²) in [5.41, 5.74) is 0.184. The van der Waals surface area contributed by atoms with Crippen LogP contribution in [-0.4, -0.2) is 19.4 Å². The first kappa shape index (κ1) is 19.1. The summed E-state index contributed by atoms with van der Waals surface area (Å²) in [6, 6.07) is 9.61. The molecule has 0 aliphatic carbocycles. The van der Waals surface area contributed by atoms with Gasteiger partial charge < -0.3 is 14.8 Å². The molecule has 0 saturated carbocycles. The monoisotopic (exact) mass is 399 g/mol. The lowest BCUT2D eigenvalue weighted by molar-refractivity contribution is -0.274. The third-order valence-corrected chi connectivity index (χ3v) is 4.82. The normalized spacial score (nSPS) is 11.6. The maximum atomic E-state index is 14.2. The molecule has 0 aliphatic heterocycles. The van der Waals surface area contributed by atoms with Gasteiger partial charge in [0.1, 0.15) is 5.82 Å². The molecular weight excluding hydrogens is 386 g/mol. The minimum atomic E-state index is -4.90. The van der Waals surface area contributed by atoms with Gasteiger partial charge in [-0.2, -0.15) is 0 Å². The van der Waals surface area contributed by atoms with Crippen LogP contribution in [0.3, 0.4) is 0 Å². The Morgan fingerprint density at radius 1 is 1.15 bits per heavy atom. The standard InChI is InChI=1S/C18H13F4NO3S/c1-25-9-10-15-11(19)5-4-8-14(15)27-16(10)17(24)23-12-6-2-3-7-13(12)26-18(20,21)22/h2-8H,9H2,1H3,(H,23,24). The number of alkyl halides is 3. The number of para-hydroxylation sites is 2. The van der Waals surface area contributed by atoms with Gasteiger partial charge in [-0.05, 0) is 24.3 Å². The zero-order valence-electron chi connectivity index (χ0n) is 13.9. The van der Waals surface area contributed by atoms with Gasteiger partial charge in [0.25, 0.3) is 5.91 Å². The molecule has 0 atom stereocenters. The number of methoxy groups -OCH3 is 1. The van der Waals surface area contributed by atoms with E-state index in [0.29, 0.717) is 10.3 Å². The van der Waals surface area contributed by atoms with Gasteiger partial charge >= 0.3 is 6.36 Å². The highest BCUT2D eigenvalue weighted by Gasteiger charge is 2.32. The minimum absolute atomic E-state index is 0.0234. The SMILES string of the molecule is COCc1c(C(=O)Nc2ccccc2OC(F)(F)F)sc2cccc(F)c12. The quantitative estimate of drug-likeness (QED) is 0.590. The Hall–Kier alpha value is -2.65. The molecule has 0 radical (unpaired) electrons. The predicted octanol–water partition coefficient (Wildman–Crippen LogP) is 5.34. The van der Waals surface area contributed by atoms with E-state index in [1.54, 1.807) is 6.07 Å². The highest BCUT2D eigenvalue weighted by Crippen LogP contribution is 2.35. The van der Waals surface area contributed by atoms with Crippen molar-refractivity contribution in [1.82, 2.24) is 0 Å². The largest absolute Gasteiger partial charge is 0.573 e. The zero-order valence-corrected chi connectivity index (χ0v) is 14.7. The van der Waals surface area contributed by atoms with Crippen molar-refractivity contribution in [3.05, 3.63) is 58.7 Å². The fraction of sp³-hybridized carbons (Fsp3) is 0.167. The summed E-state index contributed by atoms with van der Waals surface area (Å²) in [5, 5.41) is 2.66. The Morgan fingerprint density at radius 3 is 2.59 bits per heavy atom. The van der Waals surface area contributed by atoms with E-state index < -0.39 is 23.8 Å². The first-order chi connectivity index (χ1) is 12.8. The molecule has 2 aromatic carbocycles. The van der Waals surface area contributed by atoms with E-state index in [1.807, 2.05) is 0 Å². The first-order valence-corrected chi connectivity index (χ1v) is 8.46. The number of ether oxygens (including phenoxy) is 2. The molecule has 9 heteroatoms. The molecule has 1 heterocycles. The molecule has 0 unspecified atom stereocenters. The van der Waals surface area contributed by atoms with E-state index in [0.717, 1.165) is 17.4 Å². The van der Waals surface area contributed by atoms with Crippen LogP contribution in [0.25, 0.3) is 10.1 Å². The van der Waals surface area contributed by atoms with Gasteiger partial charge in [-0.15, -0.1) is 24.5 Å². The number of rotatable bonds is 5. The van der Waals surface area contributed by atoms with Crippen LogP contribution in [0.2, 0.25) is 0 Å². The summed E-state index contributed by atoms with van der Waals surface area (Å²) in [6.45, 7) is -0.0234. The number of anilines is 1. The van der Waals surface area contributed by atoms with E-state index in [2.05, 4.69) is 10.1 Å². The second kappa shape index (κ2) is 7.53. The topological polar surface area (TPSA) is 47.6 Å². The summed E-state index contributed by atoms with van der Waals surface area (Å²) < 4.78 is 61.3. The van der Waals surface area contributed by atoms with E-state index in [1.165, 1.54) is 37.4 Å². The number of halogens is 4. The summed E-state index contributed by atoms with van der Waals surface area (Å²) in [6.07, 6.45) is -4.90. The average molecular weight is 399 g/mol. The Morgan fingerprint density at radius 2 is 1.89 bits per heavy atom. The van der Waals surface area contributed by atoms with Crippen LogP contribution in [0.1, 0.15) is 15.2 Å². The Labute approximate surface area is 155 Å². The van der Waals surface area contributed by atoms with Crippen LogP contribution < -0.4 is 10.1 Å². The van der Waals surface area contributed by atoms with Crippen molar-refractivity contribution < 1.29 is 31.8 Å². The van der Waals surface area contributed by atoms with Crippen LogP contribution in [0.15, 0.2) is 42.5 Å². The molecule has 4 nitrogen and oxygen atoms in total. The highest BCUT2D eigenvalue weighted by molar-refractivity contribution is 7.21. The third kappa shape index (κ3) is 4.20. The van der Waals surface area contributed by atoms with Crippen molar-refractivity contribution >= 4 is 33.0 Å². The summed E-state index contributed by atoms with van der Waals surface area (Å²) in [5.74, 6) is -1.73. The zero-order chi connectivity index (χ0) is 19.6. The van der Waals surface area contributed by atoms with Crippen LogP contribution in [-0.2, 0) is 11.3 Å². The minimum Gasteiger partial charge on any atom is -0.404 e. The van der Waals surface area contributed by atoms with Crippen LogP contribution in [0, 0.1) is 5.82 Å². The lowest BCUT2D eigenvalue weighted by Gasteiger charge is -2.14. The van der Waals surface area contributed by atoms with Gasteiger partial charge in [-0.25, -0.2) is 4.39 Å². The molecule has 3 aromatic rings. The van der Waals surface area contributed by atoms with Gasteiger partial charge in [0.15, 0.2) is 5.75 Å². The van der Waals surface area contributed by atoms with Crippen LogP contribution in [0.4, 0.5) is 23.2 Å². The predicted molar refractivity (Wildman–Crippen MR) is 93.6 cm³/mol. The van der Waals surface area contributed by atoms with Crippen molar-refractivity contribution in [3.8, 4) is 5.75 Å². The number of amides is 1. The Kier molecular flexibility index (Phi) is 5.33. The molecule has 0 spiro atoms. The fourth-order valence-electron chi connectivity index (χ4n) is 2.60. The van der Waals surface area contributed by atoms with Gasteiger partial charge in [0.2, 0.25) is 0 Å². The number of carbonyl (C=O) groups is 1. The van der Waals surface area contributed by atoms with E-state index in [4.69, 9.17) is 4.74 Å². The Balaban J connectivity index is 1.98. The van der Waals surface area contributed by atoms with Crippen LogP contribution in [0.5, 0.6) is 5.75 Å². The molecule has 142 valence electrons. The number of hydrogen-bond donors (Lipinski definition) is 1. The average Bonchev–Trinajstić information content (AvgIpc) is 2.96. The van der Waals surface area contributed by atoms with Gasteiger partial charge in [0, 0.05) is 22.8 Å². The third-order valence-electron chi connectivity index (χ3n) is 3.62. The molecule has 3 rings (SSSR count). The van der Waals surface area contributed by atoms with Gasteiger partial charge in [-0.3, -0.25) is 4.79 Å². The van der Waals surface area contributed by atoms with Gasteiger partial charge in [0.05, 0.1) is 17.2 Å². The van der Waals surface area contributed by atoms with E-state index in [-0.39, 0.29) is 22.6 Å². The lowest BCUT2D eigenvalue weighted by Crippen LogP contribution is -2.19. The second-order valence-corrected chi connectivity index (χ2v) is 6.51. The molecule has 1 N–H and O–H groups in total. The molecule has 1 amide bonds. The Bertz CT molecular complexity index is 984. The smallest absolute Gasteiger partial charge is 0.404 e. The fourth-order valence-corrected chi connectivity index (χ4v) is 3.71. The second-order valence-electron chi connectivity index (χ2n) is 5.45. The van der Waals surface area contributed by atoms with Crippen molar-refractivity contribution in [2.24, 2.45) is 0 Å². The summed E-state index contributed by atoms with van der Waals surface area (Å²) in [7, 11) is 1.40. The molecule has 0 fully saturated rings. The molecule has 0 aliphatic rings. The summed E-state index contributed by atoms with van der Waals surface area (Å²) in [4.78, 5) is 12.8. The van der Waals surface area contributed by atoms with E-state index >= 15 is 0 Å². The van der Waals surface area contributed by atoms with Crippen molar-refractivity contribution in [3.63, 3.8) is 0 Å². The molecule has 27 heavy (non-hydrogen) atoms. The van der Waals surface area contributed by atoms with Crippen molar-refractivity contribution in [2.75, 3.05) is 12.4 Å². The molecule has 0 bridgehead atoms. The van der Waals surface area contributed by atoms with Crippen molar-refractivity contribution in [2.45, 2.75) is 13.0 Å². The number of nitrogens with one attached hydrogen (secondary N) is 1. The number of benzene rings is 2. The van der Waals surface area contributed by atoms with E-state index in [9.17, 15) is 22.4 Å². The number of carbonyl (C=O) groups excluding carboxylic acids is 1. The molecular formula is C18H13F4NO3S. The highest BCUT2D eigenvalue weighted by atomic mass is 32.1. The lowest BCUT2D eigenvalue weighted by atomic mass is 10.1. The summed E-state index contributed by atoms with van der Waals surface area (Å²) >= 11 is 1.03. The maximum Gasteiger partial charge on any atom is 0.573 e. The number of fused-ring (bicyclic) bond motifs is 1.